The molecule has 0 bridgehead atoms. The number of rotatable bonds is 8. The van der Waals surface area contributed by atoms with E-state index in [1.54, 1.807) is 13.4 Å². The second kappa shape index (κ2) is 9.37. The Kier molecular flexibility index (Phi) is 6.20. The lowest BCUT2D eigenvalue weighted by Crippen LogP contribution is -2.15. The van der Waals surface area contributed by atoms with Gasteiger partial charge >= 0.3 is 0 Å². The monoisotopic (exact) mass is 419 g/mol. The van der Waals surface area contributed by atoms with E-state index < -0.39 is 0 Å². The molecular weight excluding hydrogens is 398 g/mol. The number of carbonyl (C=O) groups is 1. The van der Waals surface area contributed by atoms with Crippen LogP contribution in [0, 0.1) is 0 Å². The van der Waals surface area contributed by atoms with Gasteiger partial charge in [-0.25, -0.2) is 4.98 Å². The molecule has 7 heteroatoms. The van der Waals surface area contributed by atoms with E-state index in [1.165, 1.54) is 11.8 Å². The quantitative estimate of drug-likeness (QED) is 0.410. The van der Waals surface area contributed by atoms with Crippen LogP contribution in [0.1, 0.15) is 5.76 Å². The zero-order chi connectivity index (χ0) is 20.8. The molecule has 0 fully saturated rings. The van der Waals surface area contributed by atoms with Crippen molar-refractivity contribution in [3.8, 4) is 17.0 Å². The fourth-order valence-corrected chi connectivity index (χ4v) is 3.87. The minimum Gasteiger partial charge on any atom is -0.495 e. The highest BCUT2D eigenvalue weighted by atomic mass is 32.2. The number of para-hydroxylation sites is 2. The number of anilines is 1. The van der Waals surface area contributed by atoms with Crippen molar-refractivity contribution in [1.82, 2.24) is 9.55 Å². The molecule has 152 valence electrons. The molecule has 0 atom stereocenters. The van der Waals surface area contributed by atoms with E-state index in [-0.39, 0.29) is 11.7 Å². The van der Waals surface area contributed by atoms with Crippen molar-refractivity contribution < 1.29 is 13.9 Å². The Morgan fingerprint density at radius 1 is 1.10 bits per heavy atom. The fourth-order valence-electron chi connectivity index (χ4n) is 3.09. The van der Waals surface area contributed by atoms with Gasteiger partial charge in [0.05, 0.1) is 43.2 Å². The molecule has 1 N–H and O–H groups in total. The van der Waals surface area contributed by atoms with Crippen molar-refractivity contribution in [2.75, 3.05) is 18.2 Å². The molecule has 4 aromatic rings. The van der Waals surface area contributed by atoms with Crippen LogP contribution in [0.3, 0.4) is 0 Å². The molecular formula is C23H21N3O3S. The Morgan fingerprint density at radius 3 is 2.67 bits per heavy atom. The van der Waals surface area contributed by atoms with E-state index in [0.29, 0.717) is 18.0 Å². The number of benzene rings is 2. The summed E-state index contributed by atoms with van der Waals surface area (Å²) in [7, 11) is 1.58. The number of thioether (sulfide) groups is 1. The van der Waals surface area contributed by atoms with Crippen LogP contribution in [0.2, 0.25) is 0 Å². The summed E-state index contributed by atoms with van der Waals surface area (Å²) >= 11 is 1.38. The fraction of sp³-hybridized carbons (Fsp3) is 0.130. The molecule has 0 aliphatic heterocycles. The number of nitrogens with one attached hydrogen (secondary N) is 1. The number of hydrogen-bond acceptors (Lipinski definition) is 5. The summed E-state index contributed by atoms with van der Waals surface area (Å²) < 4.78 is 12.9. The molecule has 0 unspecified atom stereocenters. The summed E-state index contributed by atoms with van der Waals surface area (Å²) in [5, 5.41) is 3.65. The highest BCUT2D eigenvalue weighted by molar-refractivity contribution is 7.99. The van der Waals surface area contributed by atoms with Crippen LogP contribution in [0.15, 0.2) is 88.8 Å². The van der Waals surface area contributed by atoms with Gasteiger partial charge in [-0.2, -0.15) is 0 Å². The van der Waals surface area contributed by atoms with E-state index >= 15 is 0 Å². The molecule has 0 saturated heterocycles. The number of aromatic nitrogens is 2. The van der Waals surface area contributed by atoms with Gasteiger partial charge in [-0.05, 0) is 29.8 Å². The van der Waals surface area contributed by atoms with E-state index in [1.807, 2.05) is 72.9 Å². The van der Waals surface area contributed by atoms with Gasteiger partial charge in [0, 0.05) is 0 Å². The Hall–Kier alpha value is -3.45. The molecule has 2 heterocycles. The molecule has 2 aromatic carbocycles. The maximum absolute atomic E-state index is 12.5. The molecule has 0 radical (unpaired) electrons. The number of ether oxygens (including phenoxy) is 1. The summed E-state index contributed by atoms with van der Waals surface area (Å²) in [5.41, 5.74) is 2.68. The minimum absolute atomic E-state index is 0.127. The van der Waals surface area contributed by atoms with Gasteiger partial charge in [0.15, 0.2) is 5.16 Å². The zero-order valence-electron chi connectivity index (χ0n) is 16.4. The second-order valence-electron chi connectivity index (χ2n) is 6.49. The first-order valence-electron chi connectivity index (χ1n) is 9.43. The predicted molar refractivity (Wildman–Crippen MR) is 118 cm³/mol. The van der Waals surface area contributed by atoms with Gasteiger partial charge in [0.1, 0.15) is 11.5 Å². The van der Waals surface area contributed by atoms with Crippen LogP contribution in [-0.2, 0) is 11.3 Å². The van der Waals surface area contributed by atoms with E-state index in [2.05, 4.69) is 14.9 Å². The molecule has 2 aromatic heterocycles. The Balaban J connectivity index is 1.52. The lowest BCUT2D eigenvalue weighted by molar-refractivity contribution is -0.113. The summed E-state index contributed by atoms with van der Waals surface area (Å²) in [4.78, 5) is 17.1. The summed E-state index contributed by atoms with van der Waals surface area (Å²) in [6, 6.07) is 21.2. The van der Waals surface area contributed by atoms with Crippen LogP contribution in [0.5, 0.6) is 5.75 Å². The average Bonchev–Trinajstić information content (AvgIpc) is 3.44. The zero-order valence-corrected chi connectivity index (χ0v) is 17.3. The van der Waals surface area contributed by atoms with Gasteiger partial charge in [-0.3, -0.25) is 4.79 Å². The van der Waals surface area contributed by atoms with Crippen molar-refractivity contribution in [2.24, 2.45) is 0 Å². The Labute approximate surface area is 178 Å². The predicted octanol–water partition coefficient (Wildman–Crippen LogP) is 4.93. The smallest absolute Gasteiger partial charge is 0.234 e. The van der Waals surface area contributed by atoms with Gasteiger partial charge in [0.2, 0.25) is 5.91 Å². The average molecular weight is 420 g/mol. The largest absolute Gasteiger partial charge is 0.495 e. The lowest BCUT2D eigenvalue weighted by Gasteiger charge is -2.12. The Morgan fingerprint density at radius 2 is 1.90 bits per heavy atom. The van der Waals surface area contributed by atoms with Crippen molar-refractivity contribution in [2.45, 2.75) is 11.7 Å². The minimum atomic E-state index is -0.127. The van der Waals surface area contributed by atoms with E-state index in [4.69, 9.17) is 9.15 Å². The third-order valence-corrected chi connectivity index (χ3v) is 5.49. The molecule has 0 aliphatic rings. The van der Waals surface area contributed by atoms with Crippen LogP contribution < -0.4 is 10.1 Å². The van der Waals surface area contributed by atoms with Gasteiger partial charge in [-0.15, -0.1) is 0 Å². The highest BCUT2D eigenvalue weighted by Crippen LogP contribution is 2.28. The molecule has 0 aliphatic carbocycles. The number of carbonyl (C=O) groups excluding carboxylic acids is 1. The number of hydrogen-bond donors (Lipinski definition) is 1. The summed E-state index contributed by atoms with van der Waals surface area (Å²) in [6.45, 7) is 0.535. The maximum atomic E-state index is 12.5. The van der Waals surface area contributed by atoms with Crippen LogP contribution >= 0.6 is 11.8 Å². The third-order valence-electron chi connectivity index (χ3n) is 4.50. The first kappa shape index (κ1) is 19.8. The van der Waals surface area contributed by atoms with Crippen LogP contribution in [0.25, 0.3) is 11.3 Å². The van der Waals surface area contributed by atoms with E-state index in [9.17, 15) is 4.79 Å². The maximum Gasteiger partial charge on any atom is 0.234 e. The number of nitrogens with zero attached hydrogens (tertiary/aromatic N) is 2. The molecule has 0 spiro atoms. The van der Waals surface area contributed by atoms with Gasteiger partial charge in [0.25, 0.3) is 0 Å². The SMILES string of the molecule is COc1ccccc1NC(=O)CSc1ncc(-c2ccccc2)n1Cc1ccco1. The standard InChI is InChI=1S/C23H21N3O3S/c1-28-21-12-6-5-11-19(21)25-22(27)16-30-23-24-14-20(17-8-3-2-4-9-17)26(23)15-18-10-7-13-29-18/h2-14H,15-16H2,1H3,(H,25,27). The van der Waals surface area contributed by atoms with Gasteiger partial charge < -0.3 is 19.0 Å². The van der Waals surface area contributed by atoms with Crippen molar-refractivity contribution in [3.05, 3.63) is 85.0 Å². The molecule has 4 rings (SSSR count). The molecule has 6 nitrogen and oxygen atoms in total. The van der Waals surface area contributed by atoms with Crippen LogP contribution in [-0.4, -0.2) is 28.3 Å². The summed E-state index contributed by atoms with van der Waals surface area (Å²) in [6.07, 6.45) is 3.49. The number of imidazole rings is 1. The number of furan rings is 1. The first-order valence-corrected chi connectivity index (χ1v) is 10.4. The third kappa shape index (κ3) is 4.58. The summed E-state index contributed by atoms with van der Waals surface area (Å²) in [5.74, 6) is 1.55. The van der Waals surface area contributed by atoms with Crippen molar-refractivity contribution >= 4 is 23.4 Å². The first-order chi connectivity index (χ1) is 14.7. The topological polar surface area (TPSA) is 69.3 Å². The molecule has 1 amide bonds. The molecule has 0 saturated carbocycles. The lowest BCUT2D eigenvalue weighted by atomic mass is 10.2. The van der Waals surface area contributed by atoms with Crippen molar-refractivity contribution in [3.63, 3.8) is 0 Å². The molecule has 30 heavy (non-hydrogen) atoms. The highest BCUT2D eigenvalue weighted by Gasteiger charge is 2.16. The number of methoxy groups -OCH3 is 1. The Bertz CT molecular complexity index is 1110. The van der Waals surface area contributed by atoms with Crippen LogP contribution in [0.4, 0.5) is 5.69 Å². The van der Waals surface area contributed by atoms with Gasteiger partial charge in [-0.1, -0.05) is 54.2 Å². The number of amides is 1. The van der Waals surface area contributed by atoms with E-state index in [0.717, 1.165) is 22.2 Å². The second-order valence-corrected chi connectivity index (χ2v) is 7.44. The normalized spacial score (nSPS) is 10.7. The van der Waals surface area contributed by atoms with Crippen molar-refractivity contribution in [1.29, 1.82) is 0 Å².